The summed E-state index contributed by atoms with van der Waals surface area (Å²) in [6.07, 6.45) is 78.9. The number of hydrogen-bond donors (Lipinski definition) is 0. The molecular formula is C63H100O6. The second-order valence-corrected chi connectivity index (χ2v) is 17.7. The first-order valence-corrected chi connectivity index (χ1v) is 27.7. The zero-order valence-electron chi connectivity index (χ0n) is 44.3. The molecule has 0 radical (unpaired) electrons. The SMILES string of the molecule is CC/C=C\C/C=C\C/C=C\C/C=C\C/C=C\CC(=O)OCC(COC(=O)CCCCCCCCCCC/C=C\C/C=C\CCCCC)OC(=O)CCCCCC/C=C\C/C=C\C/C=C\C/C=C\CC. The van der Waals surface area contributed by atoms with Gasteiger partial charge in [0.15, 0.2) is 6.10 Å². The predicted molar refractivity (Wildman–Crippen MR) is 297 cm³/mol. The lowest BCUT2D eigenvalue weighted by atomic mass is 10.1. The fourth-order valence-corrected chi connectivity index (χ4v) is 7.06. The highest BCUT2D eigenvalue weighted by molar-refractivity contribution is 5.72. The predicted octanol–water partition coefficient (Wildman–Crippen LogP) is 18.6. The Morgan fingerprint density at radius 3 is 1.01 bits per heavy atom. The van der Waals surface area contributed by atoms with Crippen molar-refractivity contribution in [3.63, 3.8) is 0 Å². The standard InChI is InChI=1S/C63H100O6/c1-4-7-10-13-16-19-22-25-28-30-31-33-35-38-41-44-47-50-53-56-62(65)68-59-60(58-67-61(64)55-52-49-46-43-40-37-34-27-24-21-18-15-12-9-6-3)69-63(66)57-54-51-48-45-42-39-36-32-29-26-23-20-17-14-11-8-5-2/h8-9,11-12,16-21,25-29,34,36,39-40,43,49,52,60H,4-7,10,13-15,22-24,30-33,35,37-38,41-42,44-48,50-51,53-59H2,1-3H3/b11-8-,12-9-,19-16-,20-17-,21-18-,28-25-,29-26-,34-27-,39-36-,43-40-,52-49-. The molecule has 6 heteroatoms. The minimum atomic E-state index is -0.838. The molecule has 0 aromatic heterocycles. The average Bonchev–Trinajstić information content (AvgIpc) is 3.35. The van der Waals surface area contributed by atoms with Crippen LogP contribution in [0.4, 0.5) is 0 Å². The lowest BCUT2D eigenvalue weighted by molar-refractivity contribution is -0.166. The fourth-order valence-electron chi connectivity index (χ4n) is 7.06. The Hall–Kier alpha value is -4.45. The number of allylic oxidation sites excluding steroid dienone is 21. The van der Waals surface area contributed by atoms with Gasteiger partial charge in [0, 0.05) is 12.8 Å². The summed E-state index contributed by atoms with van der Waals surface area (Å²) in [6, 6.07) is 0. The zero-order valence-corrected chi connectivity index (χ0v) is 44.3. The van der Waals surface area contributed by atoms with Crippen molar-refractivity contribution in [2.24, 2.45) is 0 Å². The topological polar surface area (TPSA) is 78.9 Å². The highest BCUT2D eigenvalue weighted by Crippen LogP contribution is 2.13. The van der Waals surface area contributed by atoms with E-state index >= 15 is 0 Å². The third-order valence-corrected chi connectivity index (χ3v) is 11.2. The zero-order chi connectivity index (χ0) is 50.0. The largest absolute Gasteiger partial charge is 0.462 e. The molecule has 0 spiro atoms. The molecule has 0 aliphatic heterocycles. The summed E-state index contributed by atoms with van der Waals surface area (Å²) < 4.78 is 16.7. The molecule has 0 bridgehead atoms. The molecule has 0 aromatic carbocycles. The van der Waals surface area contributed by atoms with Crippen LogP contribution in [-0.4, -0.2) is 37.2 Å². The number of ether oxygens (including phenoxy) is 3. The third kappa shape index (κ3) is 54.4. The first-order chi connectivity index (χ1) is 34.0. The van der Waals surface area contributed by atoms with Gasteiger partial charge in [-0.2, -0.15) is 0 Å². The van der Waals surface area contributed by atoms with Crippen LogP contribution in [0.2, 0.25) is 0 Å². The molecule has 6 nitrogen and oxygen atoms in total. The van der Waals surface area contributed by atoms with Crippen LogP contribution in [0.3, 0.4) is 0 Å². The van der Waals surface area contributed by atoms with Gasteiger partial charge in [0.2, 0.25) is 0 Å². The van der Waals surface area contributed by atoms with Crippen LogP contribution in [-0.2, 0) is 28.6 Å². The van der Waals surface area contributed by atoms with E-state index in [1.165, 1.54) is 70.6 Å². The van der Waals surface area contributed by atoms with Crippen LogP contribution in [0.15, 0.2) is 134 Å². The number of unbranched alkanes of at least 4 members (excludes halogenated alkanes) is 16. The molecule has 0 rings (SSSR count). The lowest BCUT2D eigenvalue weighted by Gasteiger charge is -2.18. The number of carbonyl (C=O) groups excluding carboxylic acids is 3. The summed E-state index contributed by atoms with van der Waals surface area (Å²) in [5.41, 5.74) is 0. The summed E-state index contributed by atoms with van der Waals surface area (Å²) in [4.78, 5) is 38.1. The summed E-state index contributed by atoms with van der Waals surface area (Å²) in [7, 11) is 0. The van der Waals surface area contributed by atoms with Crippen LogP contribution < -0.4 is 0 Å². The van der Waals surface area contributed by atoms with E-state index in [1.54, 1.807) is 6.08 Å². The summed E-state index contributed by atoms with van der Waals surface area (Å²) >= 11 is 0. The van der Waals surface area contributed by atoms with Crippen molar-refractivity contribution in [1.29, 1.82) is 0 Å². The molecule has 0 saturated carbocycles. The number of hydrogen-bond acceptors (Lipinski definition) is 6. The van der Waals surface area contributed by atoms with Gasteiger partial charge >= 0.3 is 17.9 Å². The second-order valence-electron chi connectivity index (χ2n) is 17.7. The Bertz CT molecular complexity index is 1510. The minimum absolute atomic E-state index is 0.115. The molecule has 0 aliphatic carbocycles. The van der Waals surface area contributed by atoms with Crippen molar-refractivity contribution in [2.45, 2.75) is 232 Å². The smallest absolute Gasteiger partial charge is 0.309 e. The Kier molecular flexibility index (Phi) is 52.5. The first-order valence-electron chi connectivity index (χ1n) is 27.7. The van der Waals surface area contributed by atoms with Gasteiger partial charge in [0.05, 0.1) is 6.42 Å². The van der Waals surface area contributed by atoms with Crippen LogP contribution >= 0.6 is 0 Å². The maximum Gasteiger partial charge on any atom is 0.309 e. The average molecular weight is 953 g/mol. The number of esters is 3. The normalized spacial score (nSPS) is 13.1. The fraction of sp³-hybridized carbons (Fsp3) is 0.603. The Labute approximate surface area is 424 Å². The summed E-state index contributed by atoms with van der Waals surface area (Å²) in [6.45, 7) is 6.26. The van der Waals surface area contributed by atoms with Crippen LogP contribution in [0, 0.1) is 0 Å². The van der Waals surface area contributed by atoms with Gasteiger partial charge in [-0.15, -0.1) is 0 Å². The van der Waals surface area contributed by atoms with Gasteiger partial charge in [-0.1, -0.05) is 225 Å². The van der Waals surface area contributed by atoms with Gasteiger partial charge < -0.3 is 14.2 Å². The molecule has 69 heavy (non-hydrogen) atoms. The van der Waals surface area contributed by atoms with Gasteiger partial charge in [-0.25, -0.2) is 0 Å². The molecule has 1 atom stereocenters. The van der Waals surface area contributed by atoms with Gasteiger partial charge in [-0.05, 0) is 116 Å². The molecule has 1 unspecified atom stereocenters. The maximum absolute atomic E-state index is 12.8. The van der Waals surface area contributed by atoms with E-state index in [1.807, 2.05) is 6.08 Å². The monoisotopic (exact) mass is 953 g/mol. The van der Waals surface area contributed by atoms with Gasteiger partial charge in [0.1, 0.15) is 13.2 Å². The van der Waals surface area contributed by atoms with Gasteiger partial charge in [0.25, 0.3) is 0 Å². The van der Waals surface area contributed by atoms with E-state index in [0.29, 0.717) is 6.42 Å². The molecular weight excluding hydrogens is 853 g/mol. The quantitative estimate of drug-likeness (QED) is 0.0262. The second kappa shape index (κ2) is 56.1. The van der Waals surface area contributed by atoms with Crippen molar-refractivity contribution in [1.82, 2.24) is 0 Å². The van der Waals surface area contributed by atoms with E-state index in [9.17, 15) is 14.4 Å². The van der Waals surface area contributed by atoms with E-state index < -0.39 is 12.1 Å². The summed E-state index contributed by atoms with van der Waals surface area (Å²) in [5, 5.41) is 0. The first kappa shape index (κ1) is 64.5. The Morgan fingerprint density at radius 1 is 0.319 bits per heavy atom. The lowest BCUT2D eigenvalue weighted by Crippen LogP contribution is -2.30. The van der Waals surface area contributed by atoms with Crippen molar-refractivity contribution in [3.8, 4) is 0 Å². The maximum atomic E-state index is 12.8. The van der Waals surface area contributed by atoms with Crippen LogP contribution in [0.1, 0.15) is 226 Å². The molecule has 388 valence electrons. The van der Waals surface area contributed by atoms with E-state index in [2.05, 4.69) is 142 Å². The van der Waals surface area contributed by atoms with Crippen molar-refractivity contribution >= 4 is 17.9 Å². The van der Waals surface area contributed by atoms with Crippen molar-refractivity contribution in [2.75, 3.05) is 13.2 Å². The molecule has 0 fully saturated rings. The summed E-state index contributed by atoms with van der Waals surface area (Å²) in [5.74, 6) is -1.09. The molecule has 0 aromatic rings. The molecule has 0 aliphatic rings. The molecule has 0 saturated heterocycles. The van der Waals surface area contributed by atoms with E-state index in [0.717, 1.165) is 116 Å². The third-order valence-electron chi connectivity index (χ3n) is 11.2. The van der Waals surface area contributed by atoms with Crippen LogP contribution in [0.5, 0.6) is 0 Å². The van der Waals surface area contributed by atoms with Gasteiger partial charge in [-0.3, -0.25) is 14.4 Å². The van der Waals surface area contributed by atoms with Crippen molar-refractivity contribution < 1.29 is 28.6 Å². The minimum Gasteiger partial charge on any atom is -0.462 e. The van der Waals surface area contributed by atoms with Crippen LogP contribution in [0.25, 0.3) is 0 Å². The number of carbonyl (C=O) groups is 3. The highest BCUT2D eigenvalue weighted by atomic mass is 16.6. The van der Waals surface area contributed by atoms with Crippen molar-refractivity contribution in [3.05, 3.63) is 134 Å². The Balaban J connectivity index is 4.55. The van der Waals surface area contributed by atoms with E-state index in [4.69, 9.17) is 14.2 Å². The molecule has 0 heterocycles. The van der Waals surface area contributed by atoms with E-state index in [-0.39, 0.29) is 38.0 Å². The molecule has 0 amide bonds. The number of rotatable bonds is 48. The molecule has 0 N–H and O–H groups in total. The Morgan fingerprint density at radius 2 is 0.623 bits per heavy atom. The highest BCUT2D eigenvalue weighted by Gasteiger charge is 2.19.